The first-order valence-corrected chi connectivity index (χ1v) is 7.66. The van der Waals surface area contributed by atoms with E-state index in [2.05, 4.69) is 5.10 Å². The van der Waals surface area contributed by atoms with Crippen molar-refractivity contribution < 1.29 is 23.8 Å². The minimum atomic E-state index is -1.15. The third-order valence-electron chi connectivity index (χ3n) is 3.61. The fourth-order valence-electron chi connectivity index (χ4n) is 2.48. The molecule has 1 N–H and O–H groups in total. The van der Waals surface area contributed by atoms with Gasteiger partial charge in [-0.25, -0.2) is 9.07 Å². The molecule has 2 rings (SSSR count). The number of halogens is 1. The Hall–Kier alpha value is -2.74. The van der Waals surface area contributed by atoms with Crippen LogP contribution in [0.1, 0.15) is 21.7 Å². The number of aryl methyl sites for hydroxylation is 2. The van der Waals surface area contributed by atoms with Crippen LogP contribution in [0.15, 0.2) is 24.3 Å². The SMILES string of the molecule is COCCN(CC(=O)O)C(=O)c1ccc(-n2nc(C)cc2C)c(F)c1. The number of methoxy groups -OCH3 is 1. The van der Waals surface area contributed by atoms with E-state index in [0.29, 0.717) is 0 Å². The zero-order valence-corrected chi connectivity index (χ0v) is 14.3. The maximum atomic E-state index is 14.5. The Bertz CT molecular complexity index is 788. The number of amides is 1. The van der Waals surface area contributed by atoms with Crippen molar-refractivity contribution in [3.63, 3.8) is 0 Å². The summed E-state index contributed by atoms with van der Waals surface area (Å²) in [6.07, 6.45) is 0. The number of nitrogens with zero attached hydrogens (tertiary/aromatic N) is 3. The van der Waals surface area contributed by atoms with Gasteiger partial charge in [0.25, 0.3) is 5.91 Å². The lowest BCUT2D eigenvalue weighted by molar-refractivity contribution is -0.137. The molecule has 0 saturated heterocycles. The van der Waals surface area contributed by atoms with E-state index < -0.39 is 24.2 Å². The fourth-order valence-corrected chi connectivity index (χ4v) is 2.48. The summed E-state index contributed by atoms with van der Waals surface area (Å²) in [6.45, 7) is 3.41. The number of hydrogen-bond donors (Lipinski definition) is 1. The summed E-state index contributed by atoms with van der Waals surface area (Å²) in [7, 11) is 1.45. The number of carboxylic acid groups (broad SMARTS) is 1. The minimum Gasteiger partial charge on any atom is -0.480 e. The van der Waals surface area contributed by atoms with Gasteiger partial charge in [-0.3, -0.25) is 9.59 Å². The van der Waals surface area contributed by atoms with Gasteiger partial charge in [0.1, 0.15) is 18.0 Å². The van der Waals surface area contributed by atoms with Gasteiger partial charge in [-0.05, 0) is 38.1 Å². The van der Waals surface area contributed by atoms with Crippen molar-refractivity contribution in [2.75, 3.05) is 26.8 Å². The molecule has 1 heterocycles. The van der Waals surface area contributed by atoms with Crippen molar-refractivity contribution in [2.24, 2.45) is 0 Å². The lowest BCUT2D eigenvalue weighted by Gasteiger charge is -2.20. The Morgan fingerprint density at radius 2 is 2.04 bits per heavy atom. The Kier molecular flexibility index (Phi) is 5.87. The van der Waals surface area contributed by atoms with Crippen molar-refractivity contribution >= 4 is 11.9 Å². The number of carbonyl (C=O) groups is 2. The highest BCUT2D eigenvalue weighted by molar-refractivity contribution is 5.96. The second-order valence-electron chi connectivity index (χ2n) is 5.62. The first-order valence-electron chi connectivity index (χ1n) is 7.66. The molecule has 0 radical (unpaired) electrons. The van der Waals surface area contributed by atoms with E-state index in [4.69, 9.17) is 9.84 Å². The van der Waals surface area contributed by atoms with Crippen LogP contribution in [0, 0.1) is 19.7 Å². The van der Waals surface area contributed by atoms with Gasteiger partial charge in [0.2, 0.25) is 0 Å². The second kappa shape index (κ2) is 7.89. The molecule has 1 aromatic carbocycles. The van der Waals surface area contributed by atoms with Crippen LogP contribution in [0.3, 0.4) is 0 Å². The molecule has 0 fully saturated rings. The molecule has 1 aromatic heterocycles. The molecule has 0 atom stereocenters. The van der Waals surface area contributed by atoms with E-state index >= 15 is 0 Å². The molecule has 0 aliphatic heterocycles. The zero-order valence-electron chi connectivity index (χ0n) is 14.3. The predicted molar refractivity (Wildman–Crippen MR) is 88.4 cm³/mol. The second-order valence-corrected chi connectivity index (χ2v) is 5.62. The summed E-state index contributed by atoms with van der Waals surface area (Å²) in [6, 6.07) is 5.82. The minimum absolute atomic E-state index is 0.0696. The molecule has 0 spiro atoms. The van der Waals surface area contributed by atoms with E-state index in [0.717, 1.165) is 22.4 Å². The molecule has 0 unspecified atom stereocenters. The molecule has 1 amide bonds. The van der Waals surface area contributed by atoms with E-state index in [1.54, 1.807) is 13.8 Å². The van der Waals surface area contributed by atoms with Crippen molar-refractivity contribution in [3.05, 3.63) is 47.0 Å². The summed E-state index contributed by atoms with van der Waals surface area (Å²) >= 11 is 0. The summed E-state index contributed by atoms with van der Waals surface area (Å²) < 4.78 is 20.8. The zero-order chi connectivity index (χ0) is 18.6. The molecule has 0 aliphatic carbocycles. The molecular formula is C17H20FN3O4. The van der Waals surface area contributed by atoms with E-state index in [1.165, 1.54) is 23.9 Å². The number of aliphatic carboxylic acids is 1. The van der Waals surface area contributed by atoms with Crippen molar-refractivity contribution in [1.82, 2.24) is 14.7 Å². The molecule has 134 valence electrons. The number of benzene rings is 1. The summed E-state index contributed by atoms with van der Waals surface area (Å²) in [4.78, 5) is 24.5. The molecule has 0 aliphatic rings. The van der Waals surface area contributed by atoms with Crippen molar-refractivity contribution in [3.8, 4) is 5.69 Å². The van der Waals surface area contributed by atoms with E-state index in [1.807, 2.05) is 6.07 Å². The third-order valence-corrected chi connectivity index (χ3v) is 3.61. The van der Waals surface area contributed by atoms with E-state index in [9.17, 15) is 14.0 Å². The Morgan fingerprint density at radius 1 is 1.32 bits per heavy atom. The van der Waals surface area contributed by atoms with Crippen LogP contribution in [0.2, 0.25) is 0 Å². The molecule has 8 heteroatoms. The number of ether oxygens (including phenoxy) is 1. The van der Waals surface area contributed by atoms with Gasteiger partial charge in [-0.1, -0.05) is 0 Å². The van der Waals surface area contributed by atoms with Gasteiger partial charge in [-0.15, -0.1) is 0 Å². The first kappa shape index (κ1) is 18.6. The summed E-state index contributed by atoms with van der Waals surface area (Å²) in [5, 5.41) is 13.2. The standard InChI is InChI=1S/C17H20FN3O4/c1-11-8-12(2)21(19-11)15-5-4-13(9-14(15)18)17(24)20(6-7-25-3)10-16(22)23/h4-5,8-9H,6-7,10H2,1-3H3,(H,22,23). The molecule has 0 bridgehead atoms. The van der Waals surface area contributed by atoms with Gasteiger partial charge in [0.05, 0.1) is 12.3 Å². The van der Waals surface area contributed by atoms with Gasteiger partial charge < -0.3 is 14.7 Å². The lowest BCUT2D eigenvalue weighted by atomic mass is 10.1. The number of carboxylic acids is 1. The maximum Gasteiger partial charge on any atom is 0.323 e. The highest BCUT2D eigenvalue weighted by atomic mass is 19.1. The number of aromatic nitrogens is 2. The summed E-state index contributed by atoms with van der Waals surface area (Å²) in [5.74, 6) is -2.33. The van der Waals surface area contributed by atoms with Crippen LogP contribution < -0.4 is 0 Å². The van der Waals surface area contributed by atoms with Crippen LogP contribution in [0.5, 0.6) is 0 Å². The largest absolute Gasteiger partial charge is 0.480 e. The number of carbonyl (C=O) groups excluding carboxylic acids is 1. The van der Waals surface area contributed by atoms with Crippen LogP contribution in [0.4, 0.5) is 4.39 Å². The Balaban J connectivity index is 2.30. The molecule has 7 nitrogen and oxygen atoms in total. The normalized spacial score (nSPS) is 10.7. The van der Waals surface area contributed by atoms with E-state index in [-0.39, 0.29) is 24.4 Å². The molecule has 2 aromatic rings. The topological polar surface area (TPSA) is 84.7 Å². The van der Waals surface area contributed by atoms with Crippen LogP contribution in [-0.2, 0) is 9.53 Å². The first-order chi connectivity index (χ1) is 11.8. The molecule has 0 saturated carbocycles. The smallest absolute Gasteiger partial charge is 0.323 e. The Morgan fingerprint density at radius 3 is 2.56 bits per heavy atom. The number of rotatable bonds is 7. The number of hydrogen-bond acceptors (Lipinski definition) is 4. The average molecular weight is 349 g/mol. The quantitative estimate of drug-likeness (QED) is 0.824. The Labute approximate surface area is 144 Å². The van der Waals surface area contributed by atoms with Gasteiger partial charge in [0, 0.05) is 24.9 Å². The monoisotopic (exact) mass is 349 g/mol. The van der Waals surface area contributed by atoms with Crippen molar-refractivity contribution in [1.29, 1.82) is 0 Å². The van der Waals surface area contributed by atoms with Gasteiger partial charge in [-0.2, -0.15) is 5.10 Å². The van der Waals surface area contributed by atoms with Gasteiger partial charge >= 0.3 is 5.97 Å². The van der Waals surface area contributed by atoms with Crippen molar-refractivity contribution in [2.45, 2.75) is 13.8 Å². The summed E-state index contributed by atoms with van der Waals surface area (Å²) in [5.41, 5.74) is 1.82. The lowest BCUT2D eigenvalue weighted by Crippen LogP contribution is -2.38. The van der Waals surface area contributed by atoms with Crippen LogP contribution in [0.25, 0.3) is 5.69 Å². The fraction of sp³-hybridized carbons (Fsp3) is 0.353. The molecular weight excluding hydrogens is 329 g/mol. The predicted octanol–water partition coefficient (Wildman–Crippen LogP) is 1.80. The molecule has 25 heavy (non-hydrogen) atoms. The average Bonchev–Trinajstić information content (AvgIpc) is 2.88. The highest BCUT2D eigenvalue weighted by Gasteiger charge is 2.20. The van der Waals surface area contributed by atoms with Crippen LogP contribution >= 0.6 is 0 Å². The highest BCUT2D eigenvalue weighted by Crippen LogP contribution is 2.18. The van der Waals surface area contributed by atoms with Gasteiger partial charge in [0.15, 0.2) is 0 Å². The van der Waals surface area contributed by atoms with Crippen LogP contribution in [-0.4, -0.2) is 58.5 Å². The maximum absolute atomic E-state index is 14.5. The third kappa shape index (κ3) is 4.42.